The van der Waals surface area contributed by atoms with E-state index in [0.717, 1.165) is 40.8 Å². The van der Waals surface area contributed by atoms with Crippen LogP contribution in [0.2, 0.25) is 0 Å². The molecule has 2 rings (SSSR count). The molecule has 3 heteroatoms. The van der Waals surface area contributed by atoms with E-state index in [9.17, 15) is 4.91 Å². The zero-order chi connectivity index (χ0) is 12.8. The van der Waals surface area contributed by atoms with E-state index in [4.69, 9.17) is 4.74 Å². The van der Waals surface area contributed by atoms with Gasteiger partial charge in [0.2, 0.25) is 0 Å². The zero-order valence-corrected chi connectivity index (χ0v) is 11.2. The van der Waals surface area contributed by atoms with Crippen LogP contribution < -0.4 is 4.74 Å². The van der Waals surface area contributed by atoms with E-state index in [2.05, 4.69) is 19.0 Å². The van der Waals surface area contributed by atoms with Gasteiger partial charge in [0.1, 0.15) is 17.0 Å². The van der Waals surface area contributed by atoms with E-state index in [1.54, 1.807) is 0 Å². The lowest BCUT2D eigenvalue weighted by atomic mass is 9.87. The average Bonchev–Trinajstić information content (AvgIpc) is 2.26. The van der Waals surface area contributed by atoms with Crippen molar-refractivity contribution in [2.75, 3.05) is 0 Å². The van der Waals surface area contributed by atoms with Crippen molar-refractivity contribution in [1.29, 1.82) is 0 Å². The van der Waals surface area contributed by atoms with Crippen LogP contribution >= 0.6 is 0 Å². The Labute approximate surface area is 102 Å². The van der Waals surface area contributed by atoms with Gasteiger partial charge in [-0.25, -0.2) is 0 Å². The molecule has 1 heterocycles. The average molecular weight is 233 g/mol. The number of hydrogen-bond donors (Lipinski definition) is 0. The lowest BCUT2D eigenvalue weighted by Gasteiger charge is -2.35. The van der Waals surface area contributed by atoms with Crippen molar-refractivity contribution < 1.29 is 4.74 Å². The largest absolute Gasteiger partial charge is 0.487 e. The molecule has 0 amide bonds. The third-order valence-electron chi connectivity index (χ3n) is 3.79. The van der Waals surface area contributed by atoms with Crippen LogP contribution in [0, 0.1) is 25.7 Å². The molecule has 17 heavy (non-hydrogen) atoms. The van der Waals surface area contributed by atoms with Crippen molar-refractivity contribution >= 4 is 5.69 Å². The number of fused-ring (bicyclic) bond motifs is 1. The molecule has 92 valence electrons. The third kappa shape index (κ3) is 1.84. The molecule has 0 radical (unpaired) electrons. The number of nitroso groups, excluding NO2 is 1. The molecular weight excluding hydrogens is 214 g/mol. The lowest BCUT2D eigenvalue weighted by molar-refractivity contribution is 0.0834. The fraction of sp³-hybridized carbons (Fsp3) is 0.571. The molecule has 1 aromatic carbocycles. The summed E-state index contributed by atoms with van der Waals surface area (Å²) in [6, 6.07) is 0. The number of nitrogens with zero attached hydrogens (tertiary/aromatic N) is 1. The van der Waals surface area contributed by atoms with Gasteiger partial charge >= 0.3 is 0 Å². The smallest absolute Gasteiger partial charge is 0.126 e. The molecule has 1 aliphatic rings. The topological polar surface area (TPSA) is 38.7 Å². The Bertz CT molecular complexity index is 490. The van der Waals surface area contributed by atoms with E-state index in [0.29, 0.717) is 5.69 Å². The maximum absolute atomic E-state index is 10.9. The molecular formula is C14H19NO2. The molecule has 1 aliphatic heterocycles. The molecule has 0 fully saturated rings. The third-order valence-corrected chi connectivity index (χ3v) is 3.79. The normalized spacial score (nSPS) is 17.2. The van der Waals surface area contributed by atoms with E-state index < -0.39 is 0 Å². The summed E-state index contributed by atoms with van der Waals surface area (Å²) in [7, 11) is 0. The first-order valence-corrected chi connectivity index (χ1v) is 6.02. The van der Waals surface area contributed by atoms with Crippen molar-refractivity contribution in [3.05, 3.63) is 27.2 Å². The number of ether oxygens (including phenoxy) is 1. The Kier molecular flexibility index (Phi) is 2.72. The van der Waals surface area contributed by atoms with E-state index in [1.807, 2.05) is 20.8 Å². The summed E-state index contributed by atoms with van der Waals surface area (Å²) in [5, 5.41) is 3.17. The quantitative estimate of drug-likeness (QED) is 0.684. The van der Waals surface area contributed by atoms with Gasteiger partial charge in [0, 0.05) is 0 Å². The first kappa shape index (κ1) is 12.1. The molecule has 0 N–H and O–H groups in total. The highest BCUT2D eigenvalue weighted by atomic mass is 16.5. The van der Waals surface area contributed by atoms with Crippen molar-refractivity contribution in [2.24, 2.45) is 5.18 Å². The molecule has 1 aromatic rings. The first-order valence-electron chi connectivity index (χ1n) is 6.02. The molecule has 0 aliphatic carbocycles. The minimum absolute atomic E-state index is 0.118. The summed E-state index contributed by atoms with van der Waals surface area (Å²) >= 11 is 0. The standard InChI is InChI=1S/C14H19NO2/c1-8-9(2)13-11(10(3)12(8)15-16)6-7-14(4,5)17-13/h6-7H2,1-5H3. The maximum Gasteiger partial charge on any atom is 0.126 e. The molecule has 0 atom stereocenters. The fourth-order valence-electron chi connectivity index (χ4n) is 2.50. The molecule has 3 nitrogen and oxygen atoms in total. The van der Waals surface area contributed by atoms with Gasteiger partial charge in [-0.2, -0.15) is 0 Å². The molecule has 0 spiro atoms. The fourth-order valence-corrected chi connectivity index (χ4v) is 2.50. The second-order valence-electron chi connectivity index (χ2n) is 5.48. The van der Waals surface area contributed by atoms with E-state index in [1.165, 1.54) is 0 Å². The van der Waals surface area contributed by atoms with Crippen molar-refractivity contribution in [2.45, 2.75) is 53.1 Å². The maximum atomic E-state index is 10.9. The van der Waals surface area contributed by atoms with E-state index >= 15 is 0 Å². The van der Waals surface area contributed by atoms with Gasteiger partial charge in [-0.05, 0) is 74.9 Å². The van der Waals surface area contributed by atoms with Crippen LogP contribution in [0.3, 0.4) is 0 Å². The van der Waals surface area contributed by atoms with E-state index in [-0.39, 0.29) is 5.60 Å². The number of rotatable bonds is 1. The summed E-state index contributed by atoms with van der Waals surface area (Å²) in [5.74, 6) is 0.962. The summed E-state index contributed by atoms with van der Waals surface area (Å²) in [6.07, 6.45) is 1.93. The van der Waals surface area contributed by atoms with Gasteiger partial charge in [-0.15, -0.1) is 4.91 Å². The van der Waals surface area contributed by atoms with Gasteiger partial charge in [0.25, 0.3) is 0 Å². The summed E-state index contributed by atoms with van der Waals surface area (Å²) in [5.41, 5.74) is 4.59. The molecule has 0 saturated carbocycles. The minimum atomic E-state index is -0.118. The second-order valence-corrected chi connectivity index (χ2v) is 5.48. The van der Waals surface area contributed by atoms with Gasteiger partial charge in [0.05, 0.1) is 0 Å². The zero-order valence-electron chi connectivity index (χ0n) is 11.2. The van der Waals surface area contributed by atoms with Gasteiger partial charge < -0.3 is 4.74 Å². The van der Waals surface area contributed by atoms with Crippen molar-refractivity contribution in [3.63, 3.8) is 0 Å². The molecule has 0 aromatic heterocycles. The first-order chi connectivity index (χ1) is 7.87. The lowest BCUT2D eigenvalue weighted by Crippen LogP contribution is -2.33. The SMILES string of the molecule is Cc1c(C)c2c(c(C)c1N=O)CCC(C)(C)O2. The van der Waals surface area contributed by atoms with Gasteiger partial charge in [0.15, 0.2) is 0 Å². The van der Waals surface area contributed by atoms with Crippen molar-refractivity contribution in [3.8, 4) is 5.75 Å². The van der Waals surface area contributed by atoms with Crippen molar-refractivity contribution in [1.82, 2.24) is 0 Å². The minimum Gasteiger partial charge on any atom is -0.487 e. The van der Waals surface area contributed by atoms with Gasteiger partial charge in [-0.1, -0.05) is 0 Å². The Hall–Kier alpha value is -1.38. The van der Waals surface area contributed by atoms with Crippen LogP contribution in [0.25, 0.3) is 0 Å². The summed E-state index contributed by atoms with van der Waals surface area (Å²) in [6.45, 7) is 10.1. The van der Waals surface area contributed by atoms with Crippen LogP contribution in [-0.4, -0.2) is 5.60 Å². The monoisotopic (exact) mass is 233 g/mol. The molecule has 0 bridgehead atoms. The van der Waals surface area contributed by atoms with Crippen LogP contribution in [0.5, 0.6) is 5.75 Å². The second kappa shape index (κ2) is 3.83. The highest BCUT2D eigenvalue weighted by molar-refractivity contribution is 5.65. The number of hydrogen-bond acceptors (Lipinski definition) is 3. The highest BCUT2D eigenvalue weighted by Gasteiger charge is 2.30. The van der Waals surface area contributed by atoms with Gasteiger partial charge in [-0.3, -0.25) is 0 Å². The predicted molar refractivity (Wildman–Crippen MR) is 69.1 cm³/mol. The summed E-state index contributed by atoms with van der Waals surface area (Å²) < 4.78 is 6.07. The Morgan fingerprint density at radius 3 is 2.35 bits per heavy atom. The highest BCUT2D eigenvalue weighted by Crippen LogP contribution is 2.43. The van der Waals surface area contributed by atoms with Crippen LogP contribution in [0.1, 0.15) is 42.5 Å². The Balaban J connectivity index is 2.68. The summed E-state index contributed by atoms with van der Waals surface area (Å²) in [4.78, 5) is 10.9. The Morgan fingerprint density at radius 1 is 1.12 bits per heavy atom. The van der Waals surface area contributed by atoms with Crippen LogP contribution in [-0.2, 0) is 6.42 Å². The van der Waals surface area contributed by atoms with Crippen LogP contribution in [0.15, 0.2) is 5.18 Å². The molecule has 0 unspecified atom stereocenters. The molecule has 0 saturated heterocycles. The van der Waals surface area contributed by atoms with Crippen LogP contribution in [0.4, 0.5) is 5.69 Å². The predicted octanol–water partition coefficient (Wildman–Crippen LogP) is 4.11. The Morgan fingerprint density at radius 2 is 1.76 bits per heavy atom. The number of benzene rings is 1.